The average Bonchev–Trinajstić information content (AvgIpc) is 3.09. The summed E-state index contributed by atoms with van der Waals surface area (Å²) < 4.78 is 31.0. The topological polar surface area (TPSA) is 72.7 Å². The third-order valence-electron chi connectivity index (χ3n) is 3.81. The van der Waals surface area contributed by atoms with Crippen LogP contribution in [0, 0.1) is 0 Å². The number of carbonyl (C=O) groups excluding carboxylic acids is 1. The van der Waals surface area contributed by atoms with Gasteiger partial charge < -0.3 is 10.1 Å². The van der Waals surface area contributed by atoms with Gasteiger partial charge in [-0.2, -0.15) is 8.78 Å². The van der Waals surface area contributed by atoms with E-state index in [1.54, 1.807) is 30.5 Å². The van der Waals surface area contributed by atoms with Crippen LogP contribution < -0.4 is 15.6 Å². The van der Waals surface area contributed by atoms with Gasteiger partial charge in [-0.1, -0.05) is 25.1 Å². The van der Waals surface area contributed by atoms with E-state index in [-0.39, 0.29) is 11.3 Å². The molecule has 0 aliphatic rings. The molecule has 0 aliphatic carbocycles. The fraction of sp³-hybridized carbons (Fsp3) is 0.235. The second-order valence-corrected chi connectivity index (χ2v) is 6.26. The van der Waals surface area contributed by atoms with Crippen molar-refractivity contribution in [3.8, 4) is 5.75 Å². The molecule has 0 radical (unpaired) electrons. The maximum absolute atomic E-state index is 12.6. The molecule has 0 bridgehead atoms. The van der Waals surface area contributed by atoms with E-state index in [9.17, 15) is 18.4 Å². The number of halogens is 2. The molecule has 1 atom stereocenters. The molecule has 3 rings (SSSR count). The standard InChI is InChI=1S/C17H15F2N3O3S/c1-2-12(10-5-3-4-6-13(10)25-16(18)19)21-14(23)11-9-20-17-22(15(11)24)7-8-26-17/h3-9,12,16H,2H2,1H3,(H,21,23)/t12-/m1/s1. The molecule has 0 spiro atoms. The smallest absolute Gasteiger partial charge is 0.387 e. The maximum atomic E-state index is 12.6. The molecule has 6 nitrogen and oxygen atoms in total. The molecular formula is C17H15F2N3O3S. The maximum Gasteiger partial charge on any atom is 0.387 e. The number of hydrogen-bond acceptors (Lipinski definition) is 5. The van der Waals surface area contributed by atoms with E-state index in [2.05, 4.69) is 15.0 Å². The minimum absolute atomic E-state index is 0.0159. The van der Waals surface area contributed by atoms with Gasteiger partial charge in [0.1, 0.15) is 11.3 Å². The number of carbonyl (C=O) groups is 1. The van der Waals surface area contributed by atoms with Crippen LogP contribution in [0.15, 0.2) is 46.8 Å². The molecule has 1 aromatic carbocycles. The average molecular weight is 379 g/mol. The van der Waals surface area contributed by atoms with Crippen molar-refractivity contribution in [3.63, 3.8) is 0 Å². The van der Waals surface area contributed by atoms with Gasteiger partial charge in [0, 0.05) is 23.3 Å². The molecule has 2 aromatic heterocycles. The summed E-state index contributed by atoms with van der Waals surface area (Å²) >= 11 is 1.28. The van der Waals surface area contributed by atoms with Crippen molar-refractivity contribution in [2.45, 2.75) is 26.0 Å². The van der Waals surface area contributed by atoms with Gasteiger partial charge in [-0.05, 0) is 12.5 Å². The molecule has 3 aromatic rings. The molecule has 1 N–H and O–H groups in total. The summed E-state index contributed by atoms with van der Waals surface area (Å²) in [7, 11) is 0. The zero-order valence-corrected chi connectivity index (χ0v) is 14.5. The molecule has 1 amide bonds. The van der Waals surface area contributed by atoms with E-state index < -0.39 is 24.1 Å². The van der Waals surface area contributed by atoms with Gasteiger partial charge in [-0.3, -0.25) is 14.0 Å². The summed E-state index contributed by atoms with van der Waals surface area (Å²) in [4.78, 5) is 29.5. The number of benzene rings is 1. The summed E-state index contributed by atoms with van der Waals surface area (Å²) in [5.41, 5.74) is -0.194. The Labute approximate surface area is 151 Å². The second kappa shape index (κ2) is 7.61. The first-order valence-electron chi connectivity index (χ1n) is 7.80. The second-order valence-electron chi connectivity index (χ2n) is 5.38. The largest absolute Gasteiger partial charge is 0.434 e. The molecule has 26 heavy (non-hydrogen) atoms. The number of rotatable bonds is 6. The zero-order chi connectivity index (χ0) is 18.7. The van der Waals surface area contributed by atoms with Crippen LogP contribution >= 0.6 is 11.3 Å². The van der Waals surface area contributed by atoms with Crippen molar-refractivity contribution in [3.05, 3.63) is 63.5 Å². The highest BCUT2D eigenvalue weighted by Gasteiger charge is 2.21. The summed E-state index contributed by atoms with van der Waals surface area (Å²) in [6, 6.07) is 5.64. The van der Waals surface area contributed by atoms with Gasteiger partial charge >= 0.3 is 6.61 Å². The molecule has 2 heterocycles. The van der Waals surface area contributed by atoms with Gasteiger partial charge in [-0.25, -0.2) is 4.98 Å². The third-order valence-corrected chi connectivity index (χ3v) is 4.58. The highest BCUT2D eigenvalue weighted by atomic mass is 32.1. The van der Waals surface area contributed by atoms with Crippen LogP contribution in [0.3, 0.4) is 0 Å². The Morgan fingerprint density at radius 2 is 2.15 bits per heavy atom. The monoisotopic (exact) mass is 379 g/mol. The lowest BCUT2D eigenvalue weighted by molar-refractivity contribution is -0.0506. The molecule has 0 fully saturated rings. The van der Waals surface area contributed by atoms with E-state index in [1.807, 2.05) is 0 Å². The first kappa shape index (κ1) is 18.0. The Kier molecular flexibility index (Phi) is 5.27. The van der Waals surface area contributed by atoms with Gasteiger partial charge in [0.15, 0.2) is 4.96 Å². The minimum Gasteiger partial charge on any atom is -0.434 e. The highest BCUT2D eigenvalue weighted by molar-refractivity contribution is 7.15. The molecule has 9 heteroatoms. The first-order valence-corrected chi connectivity index (χ1v) is 8.68. The Bertz CT molecular complexity index is 987. The van der Waals surface area contributed by atoms with E-state index in [0.29, 0.717) is 16.9 Å². The lowest BCUT2D eigenvalue weighted by Crippen LogP contribution is -2.34. The molecular weight excluding hydrogens is 364 g/mol. The van der Waals surface area contributed by atoms with Crippen LogP contribution in [0.5, 0.6) is 5.75 Å². The first-order chi connectivity index (χ1) is 12.5. The van der Waals surface area contributed by atoms with Gasteiger partial charge in [0.25, 0.3) is 11.5 Å². The molecule has 0 saturated carbocycles. The van der Waals surface area contributed by atoms with Crippen molar-refractivity contribution in [2.24, 2.45) is 0 Å². The van der Waals surface area contributed by atoms with Crippen LogP contribution in [-0.2, 0) is 0 Å². The van der Waals surface area contributed by atoms with E-state index in [4.69, 9.17) is 0 Å². The van der Waals surface area contributed by atoms with Crippen LogP contribution in [0.2, 0.25) is 0 Å². The lowest BCUT2D eigenvalue weighted by Gasteiger charge is -2.20. The number of alkyl halides is 2. The Morgan fingerprint density at radius 3 is 2.88 bits per heavy atom. The highest BCUT2D eigenvalue weighted by Crippen LogP contribution is 2.28. The van der Waals surface area contributed by atoms with Crippen LogP contribution in [0.1, 0.15) is 35.3 Å². The predicted octanol–water partition coefficient (Wildman–Crippen LogP) is 3.24. The van der Waals surface area contributed by atoms with Gasteiger partial charge in [0.05, 0.1) is 6.04 Å². The molecule has 0 unspecified atom stereocenters. The SMILES string of the molecule is CC[C@@H](NC(=O)c1cnc2sccn2c1=O)c1ccccc1OC(F)F. The summed E-state index contributed by atoms with van der Waals surface area (Å²) in [6.07, 6.45) is 3.18. The number of nitrogens with zero attached hydrogens (tertiary/aromatic N) is 2. The van der Waals surface area contributed by atoms with Crippen LogP contribution in [0.25, 0.3) is 4.96 Å². The Hall–Kier alpha value is -2.81. The van der Waals surface area contributed by atoms with Crippen LogP contribution in [-0.4, -0.2) is 21.9 Å². The normalized spacial score (nSPS) is 12.3. The number of thiazole rings is 1. The van der Waals surface area contributed by atoms with Crippen LogP contribution in [0.4, 0.5) is 8.78 Å². The van der Waals surface area contributed by atoms with Crippen molar-refractivity contribution in [1.29, 1.82) is 0 Å². The molecule has 136 valence electrons. The van der Waals surface area contributed by atoms with E-state index in [0.717, 1.165) is 0 Å². The van der Waals surface area contributed by atoms with Crippen molar-refractivity contribution in [2.75, 3.05) is 0 Å². The molecule has 0 saturated heterocycles. The fourth-order valence-corrected chi connectivity index (χ4v) is 3.26. The van der Waals surface area contributed by atoms with Gasteiger partial charge in [0.2, 0.25) is 0 Å². The number of amides is 1. The number of aromatic nitrogens is 2. The van der Waals surface area contributed by atoms with Crippen molar-refractivity contribution >= 4 is 22.2 Å². The van der Waals surface area contributed by atoms with E-state index in [1.165, 1.54) is 34.2 Å². The Balaban J connectivity index is 1.89. The Morgan fingerprint density at radius 1 is 1.38 bits per heavy atom. The minimum atomic E-state index is -2.97. The number of ether oxygens (including phenoxy) is 1. The third kappa shape index (κ3) is 3.57. The number of hydrogen-bond donors (Lipinski definition) is 1. The predicted molar refractivity (Wildman–Crippen MR) is 92.9 cm³/mol. The van der Waals surface area contributed by atoms with E-state index >= 15 is 0 Å². The number of nitrogens with one attached hydrogen (secondary N) is 1. The summed E-state index contributed by atoms with van der Waals surface area (Å²) in [5.74, 6) is -0.639. The summed E-state index contributed by atoms with van der Waals surface area (Å²) in [6.45, 7) is -1.18. The quantitative estimate of drug-likeness (QED) is 0.714. The summed E-state index contributed by atoms with van der Waals surface area (Å²) in [5, 5.41) is 4.39. The number of fused-ring (bicyclic) bond motifs is 1. The van der Waals surface area contributed by atoms with Crippen molar-refractivity contribution < 1.29 is 18.3 Å². The number of para-hydroxylation sites is 1. The fourth-order valence-electron chi connectivity index (χ4n) is 2.59. The lowest BCUT2D eigenvalue weighted by atomic mass is 10.0. The zero-order valence-electron chi connectivity index (χ0n) is 13.7. The molecule has 0 aliphatic heterocycles. The van der Waals surface area contributed by atoms with Crippen molar-refractivity contribution in [1.82, 2.24) is 14.7 Å². The van der Waals surface area contributed by atoms with Gasteiger partial charge in [-0.15, -0.1) is 11.3 Å².